The number of nitrogens with zero attached hydrogens (tertiary/aromatic N) is 3. The predicted octanol–water partition coefficient (Wildman–Crippen LogP) is 2.74. The molecule has 1 saturated heterocycles. The molecule has 0 radical (unpaired) electrons. The standard InChI is InChI=1S/C19H25N3O2S/c1-15-20-17(14-25-15)12-19(23)22-9-3-8-21(10-11-22)13-16-4-6-18(24-2)7-5-16/h4-7,14H,3,8-13H2,1-2H3. The van der Waals surface area contributed by atoms with Gasteiger partial charge in [0.1, 0.15) is 5.75 Å². The molecular weight excluding hydrogens is 334 g/mol. The predicted molar refractivity (Wildman–Crippen MR) is 100 cm³/mol. The zero-order valence-electron chi connectivity index (χ0n) is 14.9. The van der Waals surface area contributed by atoms with Crippen molar-refractivity contribution >= 4 is 17.2 Å². The van der Waals surface area contributed by atoms with Crippen LogP contribution in [-0.2, 0) is 17.8 Å². The molecule has 1 amide bonds. The Bertz CT molecular complexity index is 699. The quantitative estimate of drug-likeness (QED) is 0.823. The van der Waals surface area contributed by atoms with Crippen LogP contribution in [0.4, 0.5) is 0 Å². The molecule has 1 aromatic carbocycles. The van der Waals surface area contributed by atoms with E-state index < -0.39 is 0 Å². The normalized spacial score (nSPS) is 15.8. The molecule has 0 spiro atoms. The van der Waals surface area contributed by atoms with Crippen molar-refractivity contribution in [3.8, 4) is 5.75 Å². The highest BCUT2D eigenvalue weighted by Gasteiger charge is 2.20. The first-order valence-corrected chi connectivity index (χ1v) is 9.56. The van der Waals surface area contributed by atoms with Crippen LogP contribution in [0, 0.1) is 6.92 Å². The van der Waals surface area contributed by atoms with E-state index in [4.69, 9.17) is 4.74 Å². The van der Waals surface area contributed by atoms with E-state index in [1.807, 2.05) is 29.3 Å². The number of hydrogen-bond acceptors (Lipinski definition) is 5. The number of carbonyl (C=O) groups is 1. The first-order chi connectivity index (χ1) is 12.1. The Morgan fingerprint density at radius 2 is 2.00 bits per heavy atom. The Morgan fingerprint density at radius 1 is 1.20 bits per heavy atom. The molecule has 1 aliphatic heterocycles. The number of aromatic nitrogens is 1. The van der Waals surface area contributed by atoms with Crippen molar-refractivity contribution in [3.63, 3.8) is 0 Å². The van der Waals surface area contributed by atoms with Crippen LogP contribution in [0.5, 0.6) is 5.75 Å². The summed E-state index contributed by atoms with van der Waals surface area (Å²) in [7, 11) is 1.68. The molecule has 1 aliphatic rings. The van der Waals surface area contributed by atoms with E-state index in [0.717, 1.165) is 55.6 Å². The van der Waals surface area contributed by atoms with Gasteiger partial charge in [-0.25, -0.2) is 4.98 Å². The Balaban J connectivity index is 1.51. The molecule has 2 heterocycles. The van der Waals surface area contributed by atoms with Crippen molar-refractivity contribution in [2.24, 2.45) is 0 Å². The molecule has 1 aromatic heterocycles. The van der Waals surface area contributed by atoms with E-state index in [1.54, 1.807) is 18.4 Å². The Hall–Kier alpha value is -1.92. The van der Waals surface area contributed by atoms with E-state index in [1.165, 1.54) is 5.56 Å². The summed E-state index contributed by atoms with van der Waals surface area (Å²) in [6.07, 6.45) is 1.43. The van der Waals surface area contributed by atoms with Gasteiger partial charge in [-0.3, -0.25) is 9.69 Å². The lowest BCUT2D eigenvalue weighted by Gasteiger charge is -2.22. The summed E-state index contributed by atoms with van der Waals surface area (Å²) >= 11 is 1.60. The summed E-state index contributed by atoms with van der Waals surface area (Å²) in [5.41, 5.74) is 2.17. The number of hydrogen-bond donors (Lipinski definition) is 0. The third-order valence-electron chi connectivity index (χ3n) is 4.51. The van der Waals surface area contributed by atoms with Crippen molar-refractivity contribution in [2.45, 2.75) is 26.3 Å². The zero-order chi connectivity index (χ0) is 17.6. The second kappa shape index (κ2) is 8.45. The highest BCUT2D eigenvalue weighted by Crippen LogP contribution is 2.15. The molecular formula is C19H25N3O2S. The van der Waals surface area contributed by atoms with E-state index in [-0.39, 0.29) is 5.91 Å². The molecule has 0 N–H and O–H groups in total. The number of rotatable bonds is 5. The topological polar surface area (TPSA) is 45.7 Å². The van der Waals surface area contributed by atoms with Gasteiger partial charge in [0.2, 0.25) is 5.91 Å². The average molecular weight is 359 g/mol. The lowest BCUT2D eigenvalue weighted by atomic mass is 10.2. The summed E-state index contributed by atoms with van der Waals surface area (Å²) in [6, 6.07) is 8.21. The molecule has 5 nitrogen and oxygen atoms in total. The van der Waals surface area contributed by atoms with Crippen LogP contribution in [0.2, 0.25) is 0 Å². The maximum Gasteiger partial charge on any atom is 0.228 e. The molecule has 1 fully saturated rings. The largest absolute Gasteiger partial charge is 0.497 e. The Kier molecular flexibility index (Phi) is 6.04. The summed E-state index contributed by atoms with van der Waals surface area (Å²) < 4.78 is 5.21. The Morgan fingerprint density at radius 3 is 2.68 bits per heavy atom. The first kappa shape index (κ1) is 17.9. The fourth-order valence-corrected chi connectivity index (χ4v) is 3.74. The van der Waals surface area contributed by atoms with Crippen molar-refractivity contribution in [3.05, 3.63) is 45.9 Å². The van der Waals surface area contributed by atoms with E-state index in [2.05, 4.69) is 22.0 Å². The number of aryl methyl sites for hydroxylation is 1. The summed E-state index contributed by atoms with van der Waals surface area (Å²) in [5, 5.41) is 3.01. The third kappa shape index (κ3) is 5.03. The molecule has 0 aliphatic carbocycles. The summed E-state index contributed by atoms with van der Waals surface area (Å²) in [4.78, 5) is 21.3. The van der Waals surface area contributed by atoms with Gasteiger partial charge in [0.05, 0.1) is 24.2 Å². The van der Waals surface area contributed by atoms with E-state index in [9.17, 15) is 4.79 Å². The lowest BCUT2D eigenvalue weighted by Crippen LogP contribution is -2.36. The van der Waals surface area contributed by atoms with Crippen LogP contribution in [0.3, 0.4) is 0 Å². The van der Waals surface area contributed by atoms with Crippen LogP contribution < -0.4 is 4.74 Å². The van der Waals surface area contributed by atoms with Crippen LogP contribution in [0.25, 0.3) is 0 Å². The number of methoxy groups -OCH3 is 1. The van der Waals surface area contributed by atoms with Gasteiger partial charge in [-0.1, -0.05) is 12.1 Å². The maximum absolute atomic E-state index is 12.5. The second-order valence-corrected chi connectivity index (χ2v) is 7.46. The van der Waals surface area contributed by atoms with Crippen molar-refractivity contribution in [2.75, 3.05) is 33.3 Å². The minimum absolute atomic E-state index is 0.191. The molecule has 2 aromatic rings. The molecule has 25 heavy (non-hydrogen) atoms. The minimum atomic E-state index is 0.191. The van der Waals surface area contributed by atoms with Crippen LogP contribution in [0.1, 0.15) is 22.7 Å². The first-order valence-electron chi connectivity index (χ1n) is 8.68. The number of benzene rings is 1. The van der Waals surface area contributed by atoms with Crippen LogP contribution in [0.15, 0.2) is 29.6 Å². The molecule has 0 atom stereocenters. The van der Waals surface area contributed by atoms with Gasteiger partial charge in [-0.05, 0) is 31.0 Å². The third-order valence-corrected chi connectivity index (χ3v) is 5.33. The van der Waals surface area contributed by atoms with Gasteiger partial charge < -0.3 is 9.64 Å². The second-order valence-electron chi connectivity index (χ2n) is 6.39. The average Bonchev–Trinajstić information content (AvgIpc) is 2.88. The van der Waals surface area contributed by atoms with Gasteiger partial charge in [-0.15, -0.1) is 11.3 Å². The maximum atomic E-state index is 12.5. The molecule has 3 rings (SSSR count). The van der Waals surface area contributed by atoms with Gasteiger partial charge in [0.15, 0.2) is 0 Å². The van der Waals surface area contributed by atoms with Gasteiger partial charge >= 0.3 is 0 Å². The Labute approximate surface area is 153 Å². The number of thiazole rings is 1. The smallest absolute Gasteiger partial charge is 0.228 e. The molecule has 6 heteroatoms. The van der Waals surface area contributed by atoms with Crippen LogP contribution in [-0.4, -0.2) is 54.0 Å². The fourth-order valence-electron chi connectivity index (χ4n) is 3.12. The number of carbonyl (C=O) groups excluding carboxylic acids is 1. The zero-order valence-corrected chi connectivity index (χ0v) is 15.7. The van der Waals surface area contributed by atoms with Crippen molar-refractivity contribution in [1.82, 2.24) is 14.8 Å². The fraction of sp³-hybridized carbons (Fsp3) is 0.474. The molecule has 0 saturated carbocycles. The highest BCUT2D eigenvalue weighted by molar-refractivity contribution is 7.09. The summed E-state index contributed by atoms with van der Waals surface area (Å²) in [6.45, 7) is 6.44. The molecule has 134 valence electrons. The lowest BCUT2D eigenvalue weighted by molar-refractivity contribution is -0.130. The van der Waals surface area contributed by atoms with E-state index in [0.29, 0.717) is 6.42 Å². The number of ether oxygens (including phenoxy) is 1. The van der Waals surface area contributed by atoms with Crippen molar-refractivity contribution < 1.29 is 9.53 Å². The number of amides is 1. The van der Waals surface area contributed by atoms with Crippen LogP contribution >= 0.6 is 11.3 Å². The van der Waals surface area contributed by atoms with E-state index >= 15 is 0 Å². The van der Waals surface area contributed by atoms with Crippen molar-refractivity contribution in [1.29, 1.82) is 0 Å². The summed E-state index contributed by atoms with van der Waals surface area (Å²) in [5.74, 6) is 1.07. The molecule has 0 bridgehead atoms. The monoisotopic (exact) mass is 359 g/mol. The minimum Gasteiger partial charge on any atom is -0.497 e. The molecule has 0 unspecified atom stereocenters. The SMILES string of the molecule is COc1ccc(CN2CCCN(C(=O)Cc3csc(C)n3)CC2)cc1. The highest BCUT2D eigenvalue weighted by atomic mass is 32.1. The van der Waals surface area contributed by atoms with Gasteiger partial charge in [0, 0.05) is 38.1 Å². The van der Waals surface area contributed by atoms with Gasteiger partial charge in [0.25, 0.3) is 0 Å². The van der Waals surface area contributed by atoms with Gasteiger partial charge in [-0.2, -0.15) is 0 Å².